The van der Waals surface area contributed by atoms with E-state index in [0.717, 1.165) is 6.07 Å². The second-order valence-electron chi connectivity index (χ2n) is 4.70. The smallest absolute Gasteiger partial charge is 0.436 e. The van der Waals surface area contributed by atoms with Gasteiger partial charge in [0.1, 0.15) is 12.1 Å². The summed E-state index contributed by atoms with van der Waals surface area (Å²) in [4.78, 5) is 12.8. The van der Waals surface area contributed by atoms with Crippen LogP contribution in [0.4, 0.5) is 13.2 Å². The molecule has 0 amide bonds. The van der Waals surface area contributed by atoms with Gasteiger partial charge >= 0.3 is 6.36 Å². The molecule has 1 aromatic heterocycles. The molecular weight excluding hydrogens is 351 g/mol. The van der Waals surface area contributed by atoms with Crippen LogP contribution in [0.2, 0.25) is 5.02 Å². The zero-order valence-corrected chi connectivity index (χ0v) is 12.6. The van der Waals surface area contributed by atoms with Gasteiger partial charge in [-0.15, -0.1) is 13.2 Å². The molecule has 1 aromatic carbocycles. The summed E-state index contributed by atoms with van der Waals surface area (Å²) in [5.41, 5.74) is 0.543. The SMILES string of the molecule is FC(F)(F)Oc1ccc([C@@H]2CC(Oc3cncnc3)=NO2)cc1Cl. The average Bonchev–Trinajstić information content (AvgIpc) is 2.97. The van der Waals surface area contributed by atoms with E-state index in [-0.39, 0.29) is 11.4 Å². The Bertz CT molecular complexity index is 756. The minimum Gasteiger partial charge on any atom is -0.436 e. The average molecular weight is 360 g/mol. The Morgan fingerprint density at radius 3 is 2.62 bits per heavy atom. The van der Waals surface area contributed by atoms with Crippen LogP contribution in [0.1, 0.15) is 18.1 Å². The Morgan fingerprint density at radius 1 is 1.21 bits per heavy atom. The first-order chi connectivity index (χ1) is 11.4. The highest BCUT2D eigenvalue weighted by molar-refractivity contribution is 6.32. The molecule has 0 saturated heterocycles. The van der Waals surface area contributed by atoms with Gasteiger partial charge in [-0.3, -0.25) is 0 Å². The summed E-state index contributed by atoms with van der Waals surface area (Å²) in [5, 5.41) is 3.60. The van der Waals surface area contributed by atoms with Gasteiger partial charge in [-0.25, -0.2) is 9.97 Å². The van der Waals surface area contributed by atoms with Gasteiger partial charge in [-0.05, 0) is 17.7 Å². The van der Waals surface area contributed by atoms with E-state index in [0.29, 0.717) is 17.2 Å². The Hall–Kier alpha value is -2.55. The van der Waals surface area contributed by atoms with E-state index < -0.39 is 18.2 Å². The molecule has 2 aromatic rings. The van der Waals surface area contributed by atoms with Crippen LogP contribution >= 0.6 is 11.6 Å². The van der Waals surface area contributed by atoms with E-state index in [4.69, 9.17) is 21.2 Å². The van der Waals surface area contributed by atoms with E-state index in [2.05, 4.69) is 19.9 Å². The lowest BCUT2D eigenvalue weighted by Gasteiger charge is -2.13. The lowest BCUT2D eigenvalue weighted by atomic mass is 10.1. The molecular formula is C14H9ClF3N3O3. The third kappa shape index (κ3) is 4.05. The van der Waals surface area contributed by atoms with Crippen LogP contribution in [-0.4, -0.2) is 22.2 Å². The quantitative estimate of drug-likeness (QED) is 0.832. The van der Waals surface area contributed by atoms with E-state index in [1.807, 2.05) is 0 Å². The molecule has 0 fully saturated rings. The molecule has 0 spiro atoms. The minimum absolute atomic E-state index is 0.181. The van der Waals surface area contributed by atoms with Gasteiger partial charge < -0.3 is 14.3 Å². The van der Waals surface area contributed by atoms with Gasteiger partial charge in [-0.1, -0.05) is 22.8 Å². The van der Waals surface area contributed by atoms with Crippen molar-refractivity contribution >= 4 is 17.5 Å². The molecule has 0 N–H and O–H groups in total. The van der Waals surface area contributed by atoms with Crippen molar-refractivity contribution in [2.75, 3.05) is 0 Å². The van der Waals surface area contributed by atoms with Crippen LogP contribution in [0.5, 0.6) is 11.5 Å². The van der Waals surface area contributed by atoms with Crippen molar-refractivity contribution in [1.82, 2.24) is 9.97 Å². The van der Waals surface area contributed by atoms with E-state index >= 15 is 0 Å². The van der Waals surface area contributed by atoms with Crippen LogP contribution in [0.3, 0.4) is 0 Å². The van der Waals surface area contributed by atoms with Crippen molar-refractivity contribution in [2.24, 2.45) is 5.16 Å². The van der Waals surface area contributed by atoms with Gasteiger partial charge in [0.15, 0.2) is 11.9 Å². The van der Waals surface area contributed by atoms with Gasteiger partial charge in [0.25, 0.3) is 0 Å². The first kappa shape index (κ1) is 16.3. The van der Waals surface area contributed by atoms with Crippen LogP contribution < -0.4 is 9.47 Å². The van der Waals surface area contributed by atoms with Crippen molar-refractivity contribution in [3.8, 4) is 11.5 Å². The molecule has 0 bridgehead atoms. The van der Waals surface area contributed by atoms with Crippen molar-refractivity contribution in [1.29, 1.82) is 0 Å². The second kappa shape index (κ2) is 6.52. The van der Waals surface area contributed by atoms with Gasteiger partial charge in [0, 0.05) is 0 Å². The summed E-state index contributed by atoms with van der Waals surface area (Å²) in [5.74, 6) is 0.207. The standard InChI is InChI=1S/C14H9ClF3N3O3/c15-10-3-8(1-2-11(10)23-14(16,17)18)12-4-13(21-24-12)22-9-5-19-7-20-6-9/h1-3,5-7,12H,4H2/t12-/m0/s1. The molecule has 0 unspecified atom stereocenters. The number of nitrogens with zero attached hydrogens (tertiary/aromatic N) is 3. The number of rotatable bonds is 3. The maximum absolute atomic E-state index is 12.2. The maximum Gasteiger partial charge on any atom is 0.573 e. The van der Waals surface area contributed by atoms with Crippen molar-refractivity contribution < 1.29 is 27.5 Å². The fraction of sp³-hybridized carbons (Fsp3) is 0.214. The normalized spacial score (nSPS) is 17.2. The zero-order chi connectivity index (χ0) is 17.2. The summed E-state index contributed by atoms with van der Waals surface area (Å²) in [6.45, 7) is 0. The summed E-state index contributed by atoms with van der Waals surface area (Å²) < 4.78 is 45.9. The largest absolute Gasteiger partial charge is 0.573 e. The third-order valence-corrected chi connectivity index (χ3v) is 3.26. The summed E-state index contributed by atoms with van der Waals surface area (Å²) >= 11 is 5.81. The summed E-state index contributed by atoms with van der Waals surface area (Å²) in [6.07, 6.45) is -0.773. The highest BCUT2D eigenvalue weighted by Crippen LogP contribution is 2.35. The molecule has 6 nitrogen and oxygen atoms in total. The predicted molar refractivity (Wildman–Crippen MR) is 76.7 cm³/mol. The first-order valence-corrected chi connectivity index (χ1v) is 6.99. The molecule has 126 valence electrons. The molecule has 0 saturated carbocycles. The Labute approximate surface area is 138 Å². The molecule has 10 heteroatoms. The number of alkyl halides is 3. The van der Waals surface area contributed by atoms with Crippen LogP contribution in [0.25, 0.3) is 0 Å². The lowest BCUT2D eigenvalue weighted by Crippen LogP contribution is -2.17. The zero-order valence-electron chi connectivity index (χ0n) is 11.8. The second-order valence-corrected chi connectivity index (χ2v) is 5.10. The molecule has 1 aliphatic rings. The van der Waals surface area contributed by atoms with E-state index in [1.165, 1.54) is 30.9 Å². The van der Waals surface area contributed by atoms with Gasteiger partial charge in [0.05, 0.1) is 23.8 Å². The number of halogens is 4. The molecule has 3 rings (SSSR count). The van der Waals surface area contributed by atoms with E-state index in [9.17, 15) is 13.2 Å². The number of hydrogen-bond acceptors (Lipinski definition) is 6. The van der Waals surface area contributed by atoms with Crippen LogP contribution in [-0.2, 0) is 4.84 Å². The monoisotopic (exact) mass is 359 g/mol. The summed E-state index contributed by atoms with van der Waals surface area (Å²) in [6, 6.07) is 3.87. The fourth-order valence-corrected chi connectivity index (χ4v) is 2.22. The molecule has 0 aliphatic carbocycles. The van der Waals surface area contributed by atoms with Crippen LogP contribution in [0, 0.1) is 0 Å². The van der Waals surface area contributed by atoms with Crippen molar-refractivity contribution in [3.05, 3.63) is 47.5 Å². The minimum atomic E-state index is -4.81. The predicted octanol–water partition coefficient (Wildman–Crippen LogP) is 3.88. The molecule has 2 heterocycles. The number of aromatic nitrogens is 2. The lowest BCUT2D eigenvalue weighted by molar-refractivity contribution is -0.274. The highest BCUT2D eigenvalue weighted by Gasteiger charge is 2.32. The number of benzene rings is 1. The fourth-order valence-electron chi connectivity index (χ4n) is 1.99. The maximum atomic E-state index is 12.2. The number of oxime groups is 1. The Morgan fingerprint density at radius 2 is 1.96 bits per heavy atom. The number of ether oxygens (including phenoxy) is 2. The number of hydrogen-bond donors (Lipinski definition) is 0. The van der Waals surface area contributed by atoms with Crippen molar-refractivity contribution in [3.63, 3.8) is 0 Å². The first-order valence-electron chi connectivity index (χ1n) is 6.61. The van der Waals surface area contributed by atoms with E-state index in [1.54, 1.807) is 0 Å². The molecule has 24 heavy (non-hydrogen) atoms. The van der Waals surface area contributed by atoms with Gasteiger partial charge in [-0.2, -0.15) is 0 Å². The Kier molecular flexibility index (Phi) is 4.43. The third-order valence-electron chi connectivity index (χ3n) is 2.97. The molecule has 1 aliphatic heterocycles. The molecule has 1 atom stereocenters. The molecule has 0 radical (unpaired) electrons. The van der Waals surface area contributed by atoms with Crippen molar-refractivity contribution in [2.45, 2.75) is 18.9 Å². The van der Waals surface area contributed by atoms with Gasteiger partial charge in [0.2, 0.25) is 5.90 Å². The summed E-state index contributed by atoms with van der Waals surface area (Å²) in [7, 11) is 0. The van der Waals surface area contributed by atoms with Crippen LogP contribution in [0.15, 0.2) is 42.1 Å². The Balaban J connectivity index is 1.65. The highest BCUT2D eigenvalue weighted by atomic mass is 35.5. The topological polar surface area (TPSA) is 65.8 Å².